The first-order valence-corrected chi connectivity index (χ1v) is 12.0. The van der Waals surface area contributed by atoms with Crippen molar-refractivity contribution >= 4 is 22.8 Å². The van der Waals surface area contributed by atoms with Crippen LogP contribution in [0.15, 0.2) is 41.7 Å². The number of pyridine rings is 1. The Kier molecular flexibility index (Phi) is 8.75. The zero-order valence-electron chi connectivity index (χ0n) is 18.9. The molecule has 0 fully saturated rings. The SMILES string of the molecule is CCCC(CCOc1ccnc(CSc2nc3ccccc3[nH]2)c1C)(OCC)OCC. The third kappa shape index (κ3) is 6.21. The fraction of sp³-hybridized carbons (Fsp3) is 0.500. The Bertz CT molecular complexity index is 910. The van der Waals surface area contributed by atoms with Gasteiger partial charge in [0.1, 0.15) is 5.75 Å². The molecule has 1 N–H and O–H groups in total. The van der Waals surface area contributed by atoms with Crippen LogP contribution in [0, 0.1) is 6.92 Å². The summed E-state index contributed by atoms with van der Waals surface area (Å²) in [4.78, 5) is 12.5. The molecule has 0 unspecified atom stereocenters. The van der Waals surface area contributed by atoms with Crippen molar-refractivity contribution in [3.05, 3.63) is 47.8 Å². The van der Waals surface area contributed by atoms with E-state index in [1.54, 1.807) is 18.0 Å². The Morgan fingerprint density at radius 1 is 1.03 bits per heavy atom. The zero-order chi connectivity index (χ0) is 22.1. The number of fused-ring (bicyclic) bond motifs is 1. The van der Waals surface area contributed by atoms with Gasteiger partial charge in [-0.25, -0.2) is 4.98 Å². The fourth-order valence-electron chi connectivity index (χ4n) is 3.67. The minimum atomic E-state index is -0.570. The van der Waals surface area contributed by atoms with E-state index in [0.29, 0.717) is 26.2 Å². The summed E-state index contributed by atoms with van der Waals surface area (Å²) in [5, 5.41) is 0.895. The van der Waals surface area contributed by atoms with Crippen molar-refractivity contribution in [1.82, 2.24) is 15.0 Å². The summed E-state index contributed by atoms with van der Waals surface area (Å²) in [5.74, 6) is 1.01. The Labute approximate surface area is 189 Å². The number of nitrogens with zero attached hydrogens (tertiary/aromatic N) is 2. The van der Waals surface area contributed by atoms with Crippen LogP contribution in [0.3, 0.4) is 0 Å². The molecule has 168 valence electrons. The van der Waals surface area contributed by atoms with E-state index in [2.05, 4.69) is 28.8 Å². The molecule has 31 heavy (non-hydrogen) atoms. The van der Waals surface area contributed by atoms with Gasteiger partial charge in [-0.15, -0.1) is 0 Å². The highest BCUT2D eigenvalue weighted by molar-refractivity contribution is 7.98. The first-order chi connectivity index (χ1) is 15.1. The summed E-state index contributed by atoms with van der Waals surface area (Å²) in [6.07, 6.45) is 4.35. The summed E-state index contributed by atoms with van der Waals surface area (Å²) in [6.45, 7) is 9.98. The van der Waals surface area contributed by atoms with Crippen molar-refractivity contribution in [2.75, 3.05) is 19.8 Å². The lowest BCUT2D eigenvalue weighted by Gasteiger charge is -2.33. The Hall–Kier alpha value is -2.09. The molecule has 0 saturated heterocycles. The summed E-state index contributed by atoms with van der Waals surface area (Å²) >= 11 is 1.65. The van der Waals surface area contributed by atoms with Crippen molar-refractivity contribution in [2.45, 2.75) is 63.7 Å². The molecule has 6 nitrogen and oxygen atoms in total. The lowest BCUT2D eigenvalue weighted by atomic mass is 10.1. The molecule has 0 radical (unpaired) electrons. The number of para-hydroxylation sites is 2. The van der Waals surface area contributed by atoms with Gasteiger partial charge in [0.15, 0.2) is 10.9 Å². The van der Waals surface area contributed by atoms with Gasteiger partial charge >= 0.3 is 0 Å². The first-order valence-electron chi connectivity index (χ1n) is 11.0. The third-order valence-electron chi connectivity index (χ3n) is 5.16. The van der Waals surface area contributed by atoms with Crippen LogP contribution in [0.2, 0.25) is 0 Å². The quantitative estimate of drug-likeness (QED) is 0.262. The van der Waals surface area contributed by atoms with Crippen LogP contribution < -0.4 is 4.74 Å². The van der Waals surface area contributed by atoms with Crippen LogP contribution in [0.1, 0.15) is 51.3 Å². The molecule has 2 heterocycles. The van der Waals surface area contributed by atoms with Crippen LogP contribution in [0.25, 0.3) is 11.0 Å². The first kappa shape index (κ1) is 23.6. The Morgan fingerprint density at radius 2 is 1.81 bits per heavy atom. The maximum Gasteiger partial charge on any atom is 0.171 e. The number of rotatable bonds is 13. The summed E-state index contributed by atoms with van der Waals surface area (Å²) in [6, 6.07) is 9.97. The van der Waals surface area contributed by atoms with Crippen LogP contribution in [-0.4, -0.2) is 40.6 Å². The van der Waals surface area contributed by atoms with E-state index in [1.807, 2.05) is 44.2 Å². The highest BCUT2D eigenvalue weighted by atomic mass is 32.2. The Balaban J connectivity index is 1.61. The molecule has 7 heteroatoms. The smallest absolute Gasteiger partial charge is 0.171 e. The van der Waals surface area contributed by atoms with Crippen molar-refractivity contribution in [1.29, 1.82) is 0 Å². The van der Waals surface area contributed by atoms with Crippen molar-refractivity contribution < 1.29 is 14.2 Å². The second kappa shape index (κ2) is 11.5. The number of hydrogen-bond acceptors (Lipinski definition) is 6. The van der Waals surface area contributed by atoms with Crippen molar-refractivity contribution in [3.8, 4) is 5.75 Å². The normalized spacial score (nSPS) is 11.9. The topological polar surface area (TPSA) is 69.3 Å². The van der Waals surface area contributed by atoms with Gasteiger partial charge in [0.2, 0.25) is 0 Å². The fourth-order valence-corrected chi connectivity index (χ4v) is 4.58. The molecule has 3 aromatic rings. The average molecular weight is 444 g/mol. The van der Waals surface area contributed by atoms with E-state index in [1.165, 1.54) is 0 Å². The number of ether oxygens (including phenoxy) is 3. The number of hydrogen-bond donors (Lipinski definition) is 1. The van der Waals surface area contributed by atoms with Crippen molar-refractivity contribution in [3.63, 3.8) is 0 Å². The van der Waals surface area contributed by atoms with E-state index in [4.69, 9.17) is 14.2 Å². The highest BCUT2D eigenvalue weighted by Crippen LogP contribution is 2.29. The summed E-state index contributed by atoms with van der Waals surface area (Å²) < 4.78 is 18.1. The molecular formula is C24H33N3O3S. The number of aromatic amines is 1. The van der Waals surface area contributed by atoms with Crippen molar-refractivity contribution in [2.24, 2.45) is 0 Å². The molecule has 3 rings (SSSR count). The summed E-state index contributed by atoms with van der Waals surface area (Å²) in [7, 11) is 0. The van der Waals surface area contributed by atoms with Crippen LogP contribution in [0.4, 0.5) is 0 Å². The number of nitrogens with one attached hydrogen (secondary N) is 1. The molecule has 0 atom stereocenters. The van der Waals surface area contributed by atoms with Gasteiger partial charge in [0.05, 0.1) is 23.3 Å². The maximum absolute atomic E-state index is 6.14. The van der Waals surface area contributed by atoms with E-state index in [9.17, 15) is 0 Å². The minimum Gasteiger partial charge on any atom is -0.493 e. The minimum absolute atomic E-state index is 0.529. The monoisotopic (exact) mass is 443 g/mol. The molecule has 0 bridgehead atoms. The van der Waals surface area contributed by atoms with Crippen LogP contribution in [-0.2, 0) is 15.2 Å². The maximum atomic E-state index is 6.14. The average Bonchev–Trinajstić information content (AvgIpc) is 3.18. The van der Waals surface area contributed by atoms with Gasteiger partial charge in [-0.05, 0) is 39.0 Å². The predicted octanol–water partition coefficient (Wildman–Crippen LogP) is 5.90. The third-order valence-corrected chi connectivity index (χ3v) is 6.04. The molecule has 0 aliphatic rings. The van der Waals surface area contributed by atoms with Crippen LogP contribution >= 0.6 is 11.8 Å². The van der Waals surface area contributed by atoms with E-state index in [-0.39, 0.29) is 0 Å². The van der Waals surface area contributed by atoms with Gasteiger partial charge in [-0.1, -0.05) is 37.2 Å². The second-order valence-electron chi connectivity index (χ2n) is 7.35. The molecular weight excluding hydrogens is 410 g/mol. The zero-order valence-corrected chi connectivity index (χ0v) is 19.8. The lowest BCUT2D eigenvalue weighted by molar-refractivity contribution is -0.243. The molecule has 0 saturated carbocycles. The van der Waals surface area contributed by atoms with Gasteiger partial charge in [0.25, 0.3) is 0 Å². The number of benzene rings is 1. The van der Waals surface area contributed by atoms with Gasteiger partial charge in [-0.3, -0.25) is 4.98 Å². The van der Waals surface area contributed by atoms with Gasteiger partial charge in [0, 0.05) is 43.6 Å². The number of H-pyrrole nitrogens is 1. The largest absolute Gasteiger partial charge is 0.493 e. The highest BCUT2D eigenvalue weighted by Gasteiger charge is 2.30. The van der Waals surface area contributed by atoms with Gasteiger partial charge < -0.3 is 19.2 Å². The van der Waals surface area contributed by atoms with Gasteiger partial charge in [-0.2, -0.15) is 0 Å². The Morgan fingerprint density at radius 3 is 2.52 bits per heavy atom. The van der Waals surface area contributed by atoms with E-state index < -0.39 is 5.79 Å². The molecule has 0 spiro atoms. The van der Waals surface area contributed by atoms with E-state index in [0.717, 1.165) is 51.8 Å². The molecule has 0 amide bonds. The summed E-state index contributed by atoms with van der Waals surface area (Å²) in [5.41, 5.74) is 4.08. The predicted molar refractivity (Wildman–Crippen MR) is 126 cm³/mol. The molecule has 0 aliphatic heterocycles. The number of thioether (sulfide) groups is 1. The number of aromatic nitrogens is 3. The van der Waals surface area contributed by atoms with E-state index >= 15 is 0 Å². The molecule has 1 aromatic carbocycles. The second-order valence-corrected chi connectivity index (χ2v) is 8.32. The van der Waals surface area contributed by atoms with Crippen LogP contribution in [0.5, 0.6) is 5.75 Å². The standard InChI is InChI=1S/C24H33N3O3S/c1-5-13-24(29-6-2,30-7-3)14-16-28-22-12-15-25-21(18(22)4)17-31-23-26-19-10-8-9-11-20(19)27-23/h8-12,15H,5-7,13-14,16-17H2,1-4H3,(H,26,27). The molecule has 0 aliphatic carbocycles. The lowest BCUT2D eigenvalue weighted by Crippen LogP contribution is -2.38. The number of imidazole rings is 1. The molecule has 2 aromatic heterocycles.